The van der Waals surface area contributed by atoms with Gasteiger partial charge in [-0.3, -0.25) is 9.89 Å². The van der Waals surface area contributed by atoms with Crippen LogP contribution in [0.2, 0.25) is 0 Å². The number of morpholine rings is 1. The van der Waals surface area contributed by atoms with E-state index in [0.717, 1.165) is 56.9 Å². The summed E-state index contributed by atoms with van der Waals surface area (Å²) in [6.45, 7) is 11.4. The number of aryl methyl sites for hydroxylation is 1. The Labute approximate surface area is 139 Å². The zero-order valence-electron chi connectivity index (χ0n) is 14.8. The maximum absolute atomic E-state index is 5.88. The number of nitrogens with one attached hydrogen (secondary N) is 2. The third kappa shape index (κ3) is 5.55. The minimum Gasteiger partial charge on any atom is -0.465 e. The first-order valence-corrected chi connectivity index (χ1v) is 8.42. The molecule has 1 saturated heterocycles. The molecule has 2 heterocycles. The van der Waals surface area contributed by atoms with Crippen LogP contribution in [0.25, 0.3) is 0 Å². The Hall–Kier alpha value is -1.53. The van der Waals surface area contributed by atoms with Gasteiger partial charge in [0.2, 0.25) is 0 Å². The first-order chi connectivity index (χ1) is 11.1. The van der Waals surface area contributed by atoms with Crippen molar-refractivity contribution in [3.63, 3.8) is 0 Å². The molecular weight excluding hydrogens is 292 g/mol. The summed E-state index contributed by atoms with van der Waals surface area (Å²) in [7, 11) is 1.80. The molecule has 6 nitrogen and oxygen atoms in total. The molecule has 0 aromatic carbocycles. The summed E-state index contributed by atoms with van der Waals surface area (Å²) in [5, 5.41) is 6.78. The van der Waals surface area contributed by atoms with E-state index in [1.165, 1.54) is 0 Å². The number of guanidine groups is 1. The van der Waals surface area contributed by atoms with Gasteiger partial charge in [-0.25, -0.2) is 0 Å². The minimum atomic E-state index is 0.185. The summed E-state index contributed by atoms with van der Waals surface area (Å²) in [5.41, 5.74) is 0. The highest BCUT2D eigenvalue weighted by molar-refractivity contribution is 5.79. The molecule has 1 aliphatic heterocycles. The summed E-state index contributed by atoms with van der Waals surface area (Å²) in [6.07, 6.45) is 0. The Morgan fingerprint density at radius 1 is 1.22 bits per heavy atom. The Kier molecular flexibility index (Phi) is 6.92. The van der Waals surface area contributed by atoms with Gasteiger partial charge in [-0.2, -0.15) is 0 Å². The lowest BCUT2D eigenvalue weighted by Gasteiger charge is -2.33. The SMILES string of the molecule is CN=C(NCC(C)C)NCC(c1ccc(C)o1)N1CCOCC1. The number of aliphatic imine (C=N–C) groups is 1. The van der Waals surface area contributed by atoms with E-state index in [2.05, 4.69) is 40.4 Å². The molecule has 2 N–H and O–H groups in total. The summed E-state index contributed by atoms with van der Waals surface area (Å²) in [6, 6.07) is 4.28. The topological polar surface area (TPSA) is 62.0 Å². The minimum absolute atomic E-state index is 0.185. The second-order valence-corrected chi connectivity index (χ2v) is 6.34. The van der Waals surface area contributed by atoms with Crippen molar-refractivity contribution in [1.29, 1.82) is 0 Å². The van der Waals surface area contributed by atoms with Gasteiger partial charge < -0.3 is 19.8 Å². The van der Waals surface area contributed by atoms with Crippen molar-refractivity contribution in [3.8, 4) is 0 Å². The fourth-order valence-electron chi connectivity index (χ4n) is 2.65. The van der Waals surface area contributed by atoms with Gasteiger partial charge in [-0.15, -0.1) is 0 Å². The number of nitrogens with zero attached hydrogens (tertiary/aromatic N) is 2. The molecule has 0 radical (unpaired) electrons. The second kappa shape index (κ2) is 8.93. The van der Waals surface area contributed by atoms with Crippen molar-refractivity contribution in [3.05, 3.63) is 23.7 Å². The molecule has 130 valence electrons. The maximum Gasteiger partial charge on any atom is 0.191 e. The van der Waals surface area contributed by atoms with Gasteiger partial charge in [-0.05, 0) is 25.0 Å². The molecule has 0 spiro atoms. The van der Waals surface area contributed by atoms with E-state index in [4.69, 9.17) is 9.15 Å². The smallest absolute Gasteiger partial charge is 0.191 e. The summed E-state index contributed by atoms with van der Waals surface area (Å²) >= 11 is 0. The number of ether oxygens (including phenoxy) is 1. The monoisotopic (exact) mass is 322 g/mol. The Morgan fingerprint density at radius 3 is 2.48 bits per heavy atom. The number of hydrogen-bond donors (Lipinski definition) is 2. The van der Waals surface area contributed by atoms with Crippen molar-refractivity contribution in [2.24, 2.45) is 10.9 Å². The van der Waals surface area contributed by atoms with E-state index in [-0.39, 0.29) is 6.04 Å². The molecule has 0 amide bonds. The van der Waals surface area contributed by atoms with Gasteiger partial charge in [0, 0.05) is 33.2 Å². The average molecular weight is 322 g/mol. The second-order valence-electron chi connectivity index (χ2n) is 6.34. The number of furan rings is 1. The number of rotatable bonds is 6. The lowest BCUT2D eigenvalue weighted by Crippen LogP contribution is -2.46. The van der Waals surface area contributed by atoms with Crippen molar-refractivity contribution in [2.45, 2.75) is 26.8 Å². The van der Waals surface area contributed by atoms with E-state index < -0.39 is 0 Å². The molecule has 1 aromatic heterocycles. The van der Waals surface area contributed by atoms with Gasteiger partial charge in [0.25, 0.3) is 0 Å². The Bertz CT molecular complexity index is 493. The Balaban J connectivity index is 1.99. The van der Waals surface area contributed by atoms with Crippen LogP contribution in [-0.2, 0) is 4.74 Å². The van der Waals surface area contributed by atoms with Crippen LogP contribution in [0, 0.1) is 12.8 Å². The molecular formula is C17H30N4O2. The molecule has 6 heteroatoms. The van der Waals surface area contributed by atoms with E-state index in [9.17, 15) is 0 Å². The van der Waals surface area contributed by atoms with Crippen LogP contribution in [0.15, 0.2) is 21.5 Å². The van der Waals surface area contributed by atoms with Crippen LogP contribution in [-0.4, -0.2) is 57.3 Å². The highest BCUT2D eigenvalue weighted by Gasteiger charge is 2.25. The van der Waals surface area contributed by atoms with Crippen LogP contribution in [0.4, 0.5) is 0 Å². The zero-order valence-corrected chi connectivity index (χ0v) is 14.8. The highest BCUT2D eigenvalue weighted by atomic mass is 16.5. The first-order valence-electron chi connectivity index (χ1n) is 8.42. The summed E-state index contributed by atoms with van der Waals surface area (Å²) in [4.78, 5) is 6.70. The van der Waals surface area contributed by atoms with Crippen LogP contribution in [0.1, 0.15) is 31.4 Å². The van der Waals surface area contributed by atoms with Gasteiger partial charge in [0.1, 0.15) is 11.5 Å². The van der Waals surface area contributed by atoms with Crippen molar-refractivity contribution >= 4 is 5.96 Å². The fourth-order valence-corrected chi connectivity index (χ4v) is 2.65. The van der Waals surface area contributed by atoms with Crippen LogP contribution < -0.4 is 10.6 Å². The molecule has 2 rings (SSSR count). The van der Waals surface area contributed by atoms with Crippen molar-refractivity contribution in [1.82, 2.24) is 15.5 Å². The fraction of sp³-hybridized carbons (Fsp3) is 0.706. The summed E-state index contributed by atoms with van der Waals surface area (Å²) in [5.74, 6) is 3.35. The maximum atomic E-state index is 5.88. The number of hydrogen-bond acceptors (Lipinski definition) is 4. The molecule has 0 saturated carbocycles. The third-order valence-electron chi connectivity index (χ3n) is 3.94. The van der Waals surface area contributed by atoms with Crippen molar-refractivity contribution < 1.29 is 9.15 Å². The predicted octanol–water partition coefficient (Wildman–Crippen LogP) is 1.78. The quantitative estimate of drug-likeness (QED) is 0.617. The third-order valence-corrected chi connectivity index (χ3v) is 3.94. The standard InChI is InChI=1S/C17H30N4O2/c1-13(2)11-19-17(18-4)20-12-15(16-6-5-14(3)23-16)21-7-9-22-10-8-21/h5-6,13,15H,7-12H2,1-4H3,(H2,18,19,20). The predicted molar refractivity (Wildman–Crippen MR) is 92.8 cm³/mol. The Morgan fingerprint density at radius 2 is 1.91 bits per heavy atom. The van der Waals surface area contributed by atoms with Gasteiger partial charge in [-0.1, -0.05) is 13.8 Å². The van der Waals surface area contributed by atoms with Crippen LogP contribution in [0.3, 0.4) is 0 Å². The zero-order chi connectivity index (χ0) is 16.7. The highest BCUT2D eigenvalue weighted by Crippen LogP contribution is 2.23. The molecule has 1 atom stereocenters. The van der Waals surface area contributed by atoms with E-state index in [1.54, 1.807) is 7.05 Å². The van der Waals surface area contributed by atoms with E-state index in [1.807, 2.05) is 13.0 Å². The summed E-state index contributed by atoms with van der Waals surface area (Å²) < 4.78 is 11.4. The lowest BCUT2D eigenvalue weighted by atomic mass is 10.1. The average Bonchev–Trinajstić information content (AvgIpc) is 2.97. The van der Waals surface area contributed by atoms with E-state index >= 15 is 0 Å². The first kappa shape index (κ1) is 17.8. The normalized spacial score (nSPS) is 18.2. The van der Waals surface area contributed by atoms with Crippen LogP contribution >= 0.6 is 0 Å². The molecule has 1 unspecified atom stereocenters. The lowest BCUT2D eigenvalue weighted by molar-refractivity contribution is 0.0124. The molecule has 0 aliphatic carbocycles. The van der Waals surface area contributed by atoms with Crippen LogP contribution in [0.5, 0.6) is 0 Å². The molecule has 1 aromatic rings. The van der Waals surface area contributed by atoms with Gasteiger partial charge >= 0.3 is 0 Å². The molecule has 0 bridgehead atoms. The molecule has 1 aliphatic rings. The largest absolute Gasteiger partial charge is 0.465 e. The molecule has 23 heavy (non-hydrogen) atoms. The van der Waals surface area contributed by atoms with E-state index in [0.29, 0.717) is 5.92 Å². The molecule has 1 fully saturated rings. The van der Waals surface area contributed by atoms with Crippen molar-refractivity contribution in [2.75, 3.05) is 46.4 Å². The van der Waals surface area contributed by atoms with Gasteiger partial charge in [0.15, 0.2) is 5.96 Å². The van der Waals surface area contributed by atoms with Gasteiger partial charge in [0.05, 0.1) is 19.3 Å².